The number of rotatable bonds is 6. The molecule has 100 valence electrons. The van der Waals surface area contributed by atoms with Crippen LogP contribution in [0.5, 0.6) is 0 Å². The maximum Gasteiger partial charge on any atom is 0.0552 e. The van der Waals surface area contributed by atoms with E-state index in [1.807, 2.05) is 6.20 Å². The van der Waals surface area contributed by atoms with Crippen molar-refractivity contribution in [1.29, 1.82) is 0 Å². The van der Waals surface area contributed by atoms with Crippen LogP contribution >= 0.6 is 0 Å². The number of hydrogen-bond acceptors (Lipinski definition) is 2. The zero-order chi connectivity index (χ0) is 13.5. The van der Waals surface area contributed by atoms with E-state index in [2.05, 4.69) is 66.2 Å². The average Bonchev–Trinajstić information content (AvgIpc) is 2.49. The zero-order valence-corrected chi connectivity index (χ0v) is 11.8. The number of aryl methyl sites for hydroxylation is 2. The fraction of sp³-hybridized carbons (Fsp3) is 0.353. The molecule has 0 saturated carbocycles. The van der Waals surface area contributed by atoms with E-state index in [-0.39, 0.29) is 0 Å². The lowest BCUT2D eigenvalue weighted by Gasteiger charge is -2.20. The van der Waals surface area contributed by atoms with Crippen LogP contribution in [0.15, 0.2) is 48.7 Å². The predicted molar refractivity (Wildman–Crippen MR) is 81.6 cm³/mol. The minimum absolute atomic E-state index is 1.00. The summed E-state index contributed by atoms with van der Waals surface area (Å²) in [6, 6.07) is 14.9. The van der Waals surface area contributed by atoms with Gasteiger partial charge in [-0.1, -0.05) is 30.3 Å². The summed E-state index contributed by atoms with van der Waals surface area (Å²) in [5.74, 6) is 0. The van der Waals surface area contributed by atoms with Gasteiger partial charge in [0.05, 0.1) is 11.9 Å². The highest BCUT2D eigenvalue weighted by Crippen LogP contribution is 2.13. The molecule has 1 heterocycles. The summed E-state index contributed by atoms with van der Waals surface area (Å²) >= 11 is 0. The van der Waals surface area contributed by atoms with Gasteiger partial charge in [0.25, 0.3) is 0 Å². The summed E-state index contributed by atoms with van der Waals surface area (Å²) in [4.78, 5) is 6.88. The second-order valence-corrected chi connectivity index (χ2v) is 4.67. The summed E-state index contributed by atoms with van der Waals surface area (Å²) < 4.78 is 0. The Morgan fingerprint density at radius 2 is 1.63 bits per heavy atom. The van der Waals surface area contributed by atoms with E-state index in [0.29, 0.717) is 0 Å². The molecule has 0 aliphatic heterocycles. The lowest BCUT2D eigenvalue weighted by atomic mass is 10.1. The fourth-order valence-electron chi connectivity index (χ4n) is 2.26. The molecule has 0 radical (unpaired) electrons. The van der Waals surface area contributed by atoms with Crippen LogP contribution in [0.3, 0.4) is 0 Å². The van der Waals surface area contributed by atoms with Crippen molar-refractivity contribution in [2.45, 2.75) is 26.7 Å². The molecule has 0 amide bonds. The molecule has 2 heteroatoms. The average molecular weight is 254 g/mol. The summed E-state index contributed by atoms with van der Waals surface area (Å²) in [7, 11) is 0. The first-order chi connectivity index (χ1) is 9.33. The molecule has 2 rings (SSSR count). The van der Waals surface area contributed by atoms with Gasteiger partial charge in [-0.2, -0.15) is 0 Å². The van der Waals surface area contributed by atoms with E-state index in [1.54, 1.807) is 0 Å². The number of pyridine rings is 1. The molecule has 1 aromatic heterocycles. The molecule has 1 aromatic carbocycles. The number of hydrogen-bond donors (Lipinski definition) is 0. The van der Waals surface area contributed by atoms with Gasteiger partial charge >= 0.3 is 0 Å². The first kappa shape index (κ1) is 13.6. The molecule has 0 fully saturated rings. The van der Waals surface area contributed by atoms with Gasteiger partial charge in [-0.25, -0.2) is 0 Å². The topological polar surface area (TPSA) is 16.1 Å². The number of anilines is 1. The van der Waals surface area contributed by atoms with E-state index < -0.39 is 0 Å². The van der Waals surface area contributed by atoms with E-state index in [4.69, 9.17) is 0 Å². The van der Waals surface area contributed by atoms with E-state index in [1.165, 1.54) is 16.9 Å². The van der Waals surface area contributed by atoms with E-state index >= 15 is 0 Å². The van der Waals surface area contributed by atoms with Gasteiger partial charge in [0.1, 0.15) is 0 Å². The van der Waals surface area contributed by atoms with Crippen LogP contribution in [0.2, 0.25) is 0 Å². The van der Waals surface area contributed by atoms with Crippen LogP contribution in [0.1, 0.15) is 25.1 Å². The van der Waals surface area contributed by atoms with Gasteiger partial charge in [-0.3, -0.25) is 4.98 Å². The van der Waals surface area contributed by atoms with Crippen molar-refractivity contribution in [3.05, 3.63) is 59.9 Å². The summed E-state index contributed by atoms with van der Waals surface area (Å²) in [5.41, 5.74) is 3.75. The predicted octanol–water partition coefficient (Wildman–Crippen LogP) is 3.71. The van der Waals surface area contributed by atoms with Crippen molar-refractivity contribution in [3.8, 4) is 0 Å². The molecular formula is C17H22N2. The lowest BCUT2D eigenvalue weighted by Crippen LogP contribution is -2.21. The molecule has 2 aromatic rings. The van der Waals surface area contributed by atoms with Crippen LogP contribution in [-0.2, 0) is 12.8 Å². The normalized spacial score (nSPS) is 10.4. The molecule has 0 unspecified atom stereocenters. The van der Waals surface area contributed by atoms with Gasteiger partial charge in [0, 0.05) is 18.8 Å². The third kappa shape index (κ3) is 3.82. The second kappa shape index (κ2) is 6.93. The van der Waals surface area contributed by atoms with E-state index in [0.717, 1.165) is 25.9 Å². The molecular weight excluding hydrogens is 232 g/mol. The molecule has 19 heavy (non-hydrogen) atoms. The van der Waals surface area contributed by atoms with Crippen LogP contribution < -0.4 is 4.90 Å². The Labute approximate surface area is 116 Å². The van der Waals surface area contributed by atoms with Crippen LogP contribution in [-0.4, -0.2) is 18.1 Å². The standard InChI is InChI=1S/C17H22N2/c1-3-19(4-2)17-13-12-16(18-14-17)11-10-15-8-6-5-7-9-15/h5-9,12-14H,3-4,10-11H2,1-2H3. The van der Waals surface area contributed by atoms with Gasteiger partial charge in [-0.15, -0.1) is 0 Å². The van der Waals surface area contributed by atoms with Crippen molar-refractivity contribution < 1.29 is 0 Å². The first-order valence-corrected chi connectivity index (χ1v) is 7.07. The first-order valence-electron chi connectivity index (χ1n) is 7.07. The van der Waals surface area contributed by atoms with Crippen molar-refractivity contribution in [2.24, 2.45) is 0 Å². The Balaban J connectivity index is 1.95. The minimum Gasteiger partial charge on any atom is -0.371 e. The van der Waals surface area contributed by atoms with Gasteiger partial charge in [0.15, 0.2) is 0 Å². The lowest BCUT2D eigenvalue weighted by molar-refractivity contribution is 0.854. The Morgan fingerprint density at radius 1 is 0.895 bits per heavy atom. The largest absolute Gasteiger partial charge is 0.371 e. The van der Waals surface area contributed by atoms with Crippen LogP contribution in [0.4, 0.5) is 5.69 Å². The number of aromatic nitrogens is 1. The zero-order valence-electron chi connectivity index (χ0n) is 11.8. The monoisotopic (exact) mass is 254 g/mol. The Kier molecular flexibility index (Phi) is 4.96. The molecule has 2 nitrogen and oxygen atoms in total. The third-order valence-electron chi connectivity index (χ3n) is 3.45. The minimum atomic E-state index is 1.00. The van der Waals surface area contributed by atoms with Gasteiger partial charge in [0.2, 0.25) is 0 Å². The maximum atomic E-state index is 4.57. The quantitative estimate of drug-likeness (QED) is 0.781. The smallest absolute Gasteiger partial charge is 0.0552 e. The van der Waals surface area contributed by atoms with Crippen molar-refractivity contribution >= 4 is 5.69 Å². The highest BCUT2D eigenvalue weighted by Gasteiger charge is 2.02. The third-order valence-corrected chi connectivity index (χ3v) is 3.45. The van der Waals surface area contributed by atoms with Crippen LogP contribution in [0, 0.1) is 0 Å². The molecule has 0 aliphatic rings. The molecule has 0 saturated heterocycles. The van der Waals surface area contributed by atoms with Crippen molar-refractivity contribution in [1.82, 2.24) is 4.98 Å². The SMILES string of the molecule is CCN(CC)c1ccc(CCc2ccccc2)nc1. The van der Waals surface area contributed by atoms with Crippen LogP contribution in [0.25, 0.3) is 0 Å². The summed E-state index contributed by atoms with van der Waals surface area (Å²) in [5, 5.41) is 0. The maximum absolute atomic E-state index is 4.57. The fourth-order valence-corrected chi connectivity index (χ4v) is 2.26. The molecule has 0 spiro atoms. The Bertz CT molecular complexity index is 472. The number of benzene rings is 1. The number of nitrogens with zero attached hydrogens (tertiary/aromatic N) is 2. The summed E-state index contributed by atoms with van der Waals surface area (Å²) in [6.45, 7) is 6.41. The Hall–Kier alpha value is -1.83. The summed E-state index contributed by atoms with van der Waals surface area (Å²) in [6.07, 6.45) is 4.05. The molecule has 0 bridgehead atoms. The van der Waals surface area contributed by atoms with Crippen molar-refractivity contribution in [3.63, 3.8) is 0 Å². The highest BCUT2D eigenvalue weighted by atomic mass is 15.1. The molecule has 0 atom stereocenters. The second-order valence-electron chi connectivity index (χ2n) is 4.67. The van der Waals surface area contributed by atoms with Gasteiger partial charge < -0.3 is 4.90 Å². The van der Waals surface area contributed by atoms with Crippen molar-refractivity contribution in [2.75, 3.05) is 18.0 Å². The molecule has 0 N–H and O–H groups in total. The molecule has 0 aliphatic carbocycles. The van der Waals surface area contributed by atoms with E-state index in [9.17, 15) is 0 Å². The van der Waals surface area contributed by atoms with Gasteiger partial charge in [-0.05, 0) is 44.4 Å². The highest BCUT2D eigenvalue weighted by molar-refractivity contribution is 5.44. The Morgan fingerprint density at radius 3 is 2.21 bits per heavy atom.